The van der Waals surface area contributed by atoms with Crippen molar-refractivity contribution in [3.05, 3.63) is 70.8 Å². The number of amides is 3. The summed E-state index contributed by atoms with van der Waals surface area (Å²) in [7, 11) is 1.34. The minimum absolute atomic E-state index is 0.000000875. The molecule has 2 aromatic carbocycles. The third kappa shape index (κ3) is 7.37. The number of benzene rings is 2. The molecule has 0 saturated carbocycles. The number of nitrogens with zero attached hydrogens (tertiary/aromatic N) is 2. The van der Waals surface area contributed by atoms with Crippen molar-refractivity contribution < 1.29 is 19.1 Å². The van der Waals surface area contributed by atoms with E-state index in [1.807, 2.05) is 46.2 Å². The summed E-state index contributed by atoms with van der Waals surface area (Å²) in [5.41, 5.74) is 9.89. The van der Waals surface area contributed by atoms with Gasteiger partial charge in [0.1, 0.15) is 5.84 Å². The number of esters is 1. The lowest BCUT2D eigenvalue weighted by molar-refractivity contribution is -0.144. The van der Waals surface area contributed by atoms with E-state index in [-0.39, 0.29) is 42.1 Å². The SMILES string of the molecule is COC(=O)CC1CC(CCNC(=O)N2CCc3ccc(C(=N)N)cc3CC2)N(CCCc2ccccc2)C1=O. The quantitative estimate of drug-likeness (QED) is 0.246. The van der Waals surface area contributed by atoms with Gasteiger partial charge in [-0.2, -0.15) is 0 Å². The molecular weight excluding hydrogens is 494 g/mol. The predicted molar refractivity (Wildman–Crippen MR) is 149 cm³/mol. The molecular formula is C30H39N5O4. The second kappa shape index (κ2) is 13.3. The van der Waals surface area contributed by atoms with Crippen LogP contribution >= 0.6 is 0 Å². The Bertz CT molecular complexity index is 1190. The molecule has 0 bridgehead atoms. The number of carbonyl (C=O) groups is 3. The highest BCUT2D eigenvalue weighted by molar-refractivity contribution is 5.95. The van der Waals surface area contributed by atoms with Crippen molar-refractivity contribution in [3.8, 4) is 0 Å². The number of nitrogens with one attached hydrogen (secondary N) is 2. The molecule has 9 nitrogen and oxygen atoms in total. The molecule has 3 amide bonds. The normalized spacial score (nSPS) is 18.8. The number of rotatable bonds is 10. The van der Waals surface area contributed by atoms with Crippen LogP contribution in [0, 0.1) is 11.3 Å². The number of nitrogen functional groups attached to an aromatic ring is 1. The number of amidine groups is 1. The van der Waals surface area contributed by atoms with E-state index in [4.69, 9.17) is 15.9 Å². The van der Waals surface area contributed by atoms with Crippen molar-refractivity contribution in [1.82, 2.24) is 15.1 Å². The fourth-order valence-electron chi connectivity index (χ4n) is 5.64. The molecule has 0 spiro atoms. The first-order valence-electron chi connectivity index (χ1n) is 13.8. The maximum Gasteiger partial charge on any atom is 0.317 e. The molecule has 2 atom stereocenters. The van der Waals surface area contributed by atoms with Crippen LogP contribution in [0.5, 0.6) is 0 Å². The molecule has 2 aliphatic rings. The van der Waals surface area contributed by atoms with E-state index in [0.717, 1.165) is 24.8 Å². The van der Waals surface area contributed by atoms with E-state index in [1.54, 1.807) is 0 Å². The van der Waals surface area contributed by atoms with Crippen molar-refractivity contribution in [3.63, 3.8) is 0 Å². The zero-order chi connectivity index (χ0) is 27.8. The summed E-state index contributed by atoms with van der Waals surface area (Å²) in [6.45, 7) is 2.29. The average molecular weight is 534 g/mol. The van der Waals surface area contributed by atoms with Gasteiger partial charge in [-0.05, 0) is 61.3 Å². The number of urea groups is 1. The van der Waals surface area contributed by atoms with E-state index in [2.05, 4.69) is 17.4 Å². The molecule has 2 aliphatic heterocycles. The van der Waals surface area contributed by atoms with Gasteiger partial charge in [0.25, 0.3) is 0 Å². The number of hydrogen-bond acceptors (Lipinski definition) is 5. The molecule has 208 valence electrons. The van der Waals surface area contributed by atoms with Gasteiger partial charge in [0.15, 0.2) is 0 Å². The fourth-order valence-corrected chi connectivity index (χ4v) is 5.64. The van der Waals surface area contributed by atoms with E-state index in [0.29, 0.717) is 51.0 Å². The molecule has 9 heteroatoms. The third-order valence-electron chi connectivity index (χ3n) is 7.84. The van der Waals surface area contributed by atoms with Crippen LogP contribution < -0.4 is 11.1 Å². The molecule has 0 radical (unpaired) electrons. The number of fused-ring (bicyclic) bond motifs is 1. The Balaban J connectivity index is 1.30. The van der Waals surface area contributed by atoms with E-state index >= 15 is 0 Å². The molecule has 2 heterocycles. The Morgan fingerprint density at radius 1 is 1.10 bits per heavy atom. The zero-order valence-electron chi connectivity index (χ0n) is 22.7. The number of hydrogen-bond donors (Lipinski definition) is 3. The van der Waals surface area contributed by atoms with Crippen LogP contribution in [-0.2, 0) is 33.6 Å². The maximum atomic E-state index is 13.2. The Morgan fingerprint density at radius 3 is 2.56 bits per heavy atom. The average Bonchev–Trinajstić information content (AvgIpc) is 3.09. The number of methoxy groups -OCH3 is 1. The molecule has 4 rings (SSSR count). The third-order valence-corrected chi connectivity index (χ3v) is 7.84. The van der Waals surface area contributed by atoms with E-state index in [9.17, 15) is 14.4 Å². The van der Waals surface area contributed by atoms with E-state index < -0.39 is 0 Å². The summed E-state index contributed by atoms with van der Waals surface area (Å²) in [5.74, 6) is -0.701. The second-order valence-electron chi connectivity index (χ2n) is 10.4. The number of ether oxygens (including phenoxy) is 1. The van der Waals surface area contributed by atoms with Crippen LogP contribution in [0.2, 0.25) is 0 Å². The minimum Gasteiger partial charge on any atom is -0.469 e. The fraction of sp³-hybridized carbons (Fsp3) is 0.467. The lowest BCUT2D eigenvalue weighted by Crippen LogP contribution is -2.43. The van der Waals surface area contributed by atoms with Crippen molar-refractivity contribution in [2.45, 2.75) is 51.0 Å². The Hall–Kier alpha value is -3.88. The van der Waals surface area contributed by atoms with Gasteiger partial charge in [0.2, 0.25) is 5.91 Å². The highest BCUT2D eigenvalue weighted by Crippen LogP contribution is 2.30. The largest absolute Gasteiger partial charge is 0.469 e. The number of carbonyl (C=O) groups excluding carboxylic acids is 3. The van der Waals surface area contributed by atoms with Crippen molar-refractivity contribution in [2.24, 2.45) is 11.7 Å². The second-order valence-corrected chi connectivity index (χ2v) is 10.4. The lowest BCUT2D eigenvalue weighted by atomic mass is 10.00. The first-order chi connectivity index (χ1) is 18.9. The van der Waals surface area contributed by atoms with Crippen LogP contribution in [0.4, 0.5) is 4.79 Å². The topological polar surface area (TPSA) is 129 Å². The van der Waals surface area contributed by atoms with Gasteiger partial charge >= 0.3 is 12.0 Å². The van der Waals surface area contributed by atoms with Crippen LogP contribution in [0.25, 0.3) is 0 Å². The highest BCUT2D eigenvalue weighted by atomic mass is 16.5. The first kappa shape index (κ1) is 28.1. The first-order valence-corrected chi connectivity index (χ1v) is 13.8. The maximum absolute atomic E-state index is 13.2. The Morgan fingerprint density at radius 2 is 1.85 bits per heavy atom. The van der Waals surface area contributed by atoms with Crippen molar-refractivity contribution in [1.29, 1.82) is 5.41 Å². The van der Waals surface area contributed by atoms with Gasteiger partial charge < -0.3 is 25.6 Å². The van der Waals surface area contributed by atoms with Gasteiger partial charge in [-0.3, -0.25) is 15.0 Å². The van der Waals surface area contributed by atoms with Crippen LogP contribution in [-0.4, -0.2) is 72.9 Å². The summed E-state index contributed by atoms with van der Waals surface area (Å²) in [6, 6.07) is 15.9. The summed E-state index contributed by atoms with van der Waals surface area (Å²) >= 11 is 0. The van der Waals surface area contributed by atoms with Crippen molar-refractivity contribution in [2.75, 3.05) is 33.3 Å². The highest BCUT2D eigenvalue weighted by Gasteiger charge is 2.40. The van der Waals surface area contributed by atoms with E-state index in [1.165, 1.54) is 18.2 Å². The standard InChI is InChI=1S/C30H39N5O4/c1-39-27(36)20-25-19-26(35(29(25)37)15-5-8-21-6-3-2-4-7-21)11-14-33-30(38)34-16-12-22-9-10-24(28(31)32)18-23(22)13-17-34/h2-4,6-7,9-10,18,25-26H,5,8,11-17,19-20H2,1H3,(H3,31,32)(H,33,38). The predicted octanol–water partition coefficient (Wildman–Crippen LogP) is 2.88. The summed E-state index contributed by atoms with van der Waals surface area (Å²) < 4.78 is 4.81. The van der Waals surface area contributed by atoms with Gasteiger partial charge in [0.05, 0.1) is 19.4 Å². The lowest BCUT2D eigenvalue weighted by Gasteiger charge is -2.26. The van der Waals surface area contributed by atoms with Crippen molar-refractivity contribution >= 4 is 23.7 Å². The number of aryl methyl sites for hydroxylation is 1. The van der Waals surface area contributed by atoms with Gasteiger partial charge in [0, 0.05) is 37.8 Å². The zero-order valence-corrected chi connectivity index (χ0v) is 22.7. The molecule has 1 fully saturated rings. The smallest absolute Gasteiger partial charge is 0.317 e. The molecule has 39 heavy (non-hydrogen) atoms. The van der Waals surface area contributed by atoms with Crippen LogP contribution in [0.3, 0.4) is 0 Å². The molecule has 2 aromatic rings. The van der Waals surface area contributed by atoms with Gasteiger partial charge in [-0.25, -0.2) is 4.79 Å². The monoisotopic (exact) mass is 533 g/mol. The molecule has 0 aromatic heterocycles. The van der Waals surface area contributed by atoms with Crippen LogP contribution in [0.1, 0.15) is 47.9 Å². The molecule has 0 aliphatic carbocycles. The van der Waals surface area contributed by atoms with Gasteiger partial charge in [-0.15, -0.1) is 0 Å². The minimum atomic E-state index is -0.376. The number of nitrogens with two attached hydrogens (primary N) is 1. The Kier molecular flexibility index (Phi) is 9.57. The van der Waals surface area contributed by atoms with Gasteiger partial charge in [-0.1, -0.05) is 42.5 Å². The summed E-state index contributed by atoms with van der Waals surface area (Å²) in [6.07, 6.45) is 4.49. The molecule has 1 saturated heterocycles. The summed E-state index contributed by atoms with van der Waals surface area (Å²) in [5, 5.41) is 10.7. The number of likely N-dealkylation sites (tertiary alicyclic amines) is 1. The Labute approximate surface area is 230 Å². The molecule has 2 unspecified atom stereocenters. The molecule has 4 N–H and O–H groups in total. The summed E-state index contributed by atoms with van der Waals surface area (Å²) in [4.78, 5) is 41.8. The van der Waals surface area contributed by atoms with Crippen LogP contribution in [0.15, 0.2) is 48.5 Å².